The second-order valence-electron chi connectivity index (χ2n) is 4.28. The average Bonchev–Trinajstić information content (AvgIpc) is 2.10. The lowest BCUT2D eigenvalue weighted by Gasteiger charge is -2.42. The third kappa shape index (κ3) is 2.08. The van der Waals surface area contributed by atoms with Crippen LogP contribution >= 0.6 is 0 Å². The van der Waals surface area contributed by atoms with Crippen LogP contribution in [0.4, 0.5) is 0 Å². The molecule has 5 atom stereocenters. The van der Waals surface area contributed by atoms with Gasteiger partial charge in [0, 0.05) is 5.92 Å². The molecule has 1 aliphatic heterocycles. The van der Waals surface area contributed by atoms with Crippen molar-refractivity contribution in [2.24, 2.45) is 11.8 Å². The van der Waals surface area contributed by atoms with Crippen LogP contribution in [0.1, 0.15) is 27.2 Å². The maximum Gasteiger partial charge on any atom is 0.160 e. The fourth-order valence-electron chi connectivity index (χ4n) is 2.03. The van der Waals surface area contributed by atoms with E-state index in [1.807, 2.05) is 20.8 Å². The molecule has 0 spiro atoms. The van der Waals surface area contributed by atoms with E-state index >= 15 is 0 Å². The van der Waals surface area contributed by atoms with Crippen LogP contribution in [0, 0.1) is 11.8 Å². The summed E-state index contributed by atoms with van der Waals surface area (Å²) in [7, 11) is 0. The molecule has 0 bridgehead atoms. The highest BCUT2D eigenvalue weighted by Gasteiger charge is 2.44. The van der Waals surface area contributed by atoms with Crippen molar-refractivity contribution in [3.8, 4) is 0 Å². The second-order valence-corrected chi connectivity index (χ2v) is 4.28. The Morgan fingerprint density at radius 2 is 1.71 bits per heavy atom. The van der Waals surface area contributed by atoms with E-state index in [0.717, 1.165) is 0 Å². The van der Waals surface area contributed by atoms with E-state index < -0.39 is 30.5 Å². The first-order valence-corrected chi connectivity index (χ1v) is 5.18. The summed E-state index contributed by atoms with van der Waals surface area (Å²) in [4.78, 5) is 0. The van der Waals surface area contributed by atoms with E-state index in [0.29, 0.717) is 6.42 Å². The molecular weight excluding hydrogens is 184 g/mol. The van der Waals surface area contributed by atoms with Gasteiger partial charge in [-0.05, 0) is 12.3 Å². The van der Waals surface area contributed by atoms with E-state index in [4.69, 9.17) is 4.74 Å². The molecule has 4 heteroatoms. The van der Waals surface area contributed by atoms with E-state index in [-0.39, 0.29) is 5.92 Å². The molecule has 0 amide bonds. The lowest BCUT2D eigenvalue weighted by Crippen LogP contribution is -2.55. The van der Waals surface area contributed by atoms with Gasteiger partial charge in [0.25, 0.3) is 0 Å². The number of hydrogen-bond acceptors (Lipinski definition) is 4. The second kappa shape index (κ2) is 4.57. The summed E-state index contributed by atoms with van der Waals surface area (Å²) in [5, 5.41) is 29.1. The number of rotatable bonds is 2. The van der Waals surface area contributed by atoms with Gasteiger partial charge in [0.2, 0.25) is 0 Å². The van der Waals surface area contributed by atoms with Crippen LogP contribution in [0.15, 0.2) is 0 Å². The summed E-state index contributed by atoms with van der Waals surface area (Å²) in [5.41, 5.74) is 0. The van der Waals surface area contributed by atoms with Crippen molar-refractivity contribution >= 4 is 0 Å². The Balaban J connectivity index is 2.74. The van der Waals surface area contributed by atoms with Crippen molar-refractivity contribution in [1.82, 2.24) is 0 Å². The molecule has 0 aromatic heterocycles. The molecule has 1 rings (SSSR count). The highest BCUT2D eigenvalue weighted by molar-refractivity contribution is 4.89. The van der Waals surface area contributed by atoms with Gasteiger partial charge in [-0.15, -0.1) is 0 Å². The Hall–Kier alpha value is -0.160. The Kier molecular flexibility index (Phi) is 3.89. The molecule has 0 aromatic rings. The van der Waals surface area contributed by atoms with Crippen LogP contribution in [-0.4, -0.2) is 39.9 Å². The predicted octanol–water partition coefficient (Wildman–Crippen LogP) is 0.108. The summed E-state index contributed by atoms with van der Waals surface area (Å²) in [6, 6.07) is 0. The molecule has 4 nitrogen and oxygen atoms in total. The molecule has 1 unspecified atom stereocenters. The summed E-state index contributed by atoms with van der Waals surface area (Å²) in [6.07, 6.45) is -2.65. The monoisotopic (exact) mass is 204 g/mol. The first kappa shape index (κ1) is 11.9. The van der Waals surface area contributed by atoms with Gasteiger partial charge in [-0.3, -0.25) is 0 Å². The van der Waals surface area contributed by atoms with Crippen LogP contribution in [0.25, 0.3) is 0 Å². The minimum absolute atomic E-state index is 0.0763. The zero-order valence-electron chi connectivity index (χ0n) is 8.92. The fraction of sp³-hybridized carbons (Fsp3) is 1.00. The van der Waals surface area contributed by atoms with E-state index in [9.17, 15) is 15.3 Å². The maximum absolute atomic E-state index is 9.79. The molecule has 3 N–H and O–H groups in total. The average molecular weight is 204 g/mol. The van der Waals surface area contributed by atoms with Gasteiger partial charge in [-0.1, -0.05) is 20.8 Å². The highest BCUT2D eigenvalue weighted by atomic mass is 16.6. The van der Waals surface area contributed by atoms with Crippen molar-refractivity contribution in [1.29, 1.82) is 0 Å². The lowest BCUT2D eigenvalue weighted by atomic mass is 9.82. The quantitative estimate of drug-likeness (QED) is 0.597. The predicted molar refractivity (Wildman–Crippen MR) is 51.5 cm³/mol. The van der Waals surface area contributed by atoms with Crippen molar-refractivity contribution < 1.29 is 20.1 Å². The third-order valence-electron chi connectivity index (χ3n) is 2.94. The molecule has 1 saturated heterocycles. The normalized spacial score (nSPS) is 44.4. The van der Waals surface area contributed by atoms with E-state index in [2.05, 4.69) is 0 Å². The van der Waals surface area contributed by atoms with Gasteiger partial charge in [-0.2, -0.15) is 0 Å². The molecule has 0 radical (unpaired) electrons. The molecule has 0 aromatic carbocycles. The Morgan fingerprint density at radius 1 is 1.14 bits per heavy atom. The molecule has 1 heterocycles. The summed E-state index contributed by atoms with van der Waals surface area (Å²) >= 11 is 0. The number of hydrogen-bond donors (Lipinski definition) is 3. The number of aliphatic hydroxyl groups is 3. The Labute approximate surface area is 84.5 Å². The molecule has 1 aliphatic rings. The molecule has 84 valence electrons. The minimum atomic E-state index is -0.974. The largest absolute Gasteiger partial charge is 0.390 e. The Morgan fingerprint density at radius 3 is 2.14 bits per heavy atom. The molecule has 14 heavy (non-hydrogen) atoms. The van der Waals surface area contributed by atoms with Crippen molar-refractivity contribution in [3.63, 3.8) is 0 Å². The van der Waals surface area contributed by atoms with Gasteiger partial charge >= 0.3 is 0 Å². The minimum Gasteiger partial charge on any atom is -0.390 e. The summed E-state index contributed by atoms with van der Waals surface area (Å²) in [6.45, 7) is 5.63. The van der Waals surface area contributed by atoms with Gasteiger partial charge in [0.1, 0.15) is 6.10 Å². The van der Waals surface area contributed by atoms with Gasteiger partial charge in [0.15, 0.2) is 6.29 Å². The lowest BCUT2D eigenvalue weighted by molar-refractivity contribution is -0.272. The van der Waals surface area contributed by atoms with Crippen LogP contribution in [-0.2, 0) is 4.74 Å². The highest BCUT2D eigenvalue weighted by Crippen LogP contribution is 2.31. The van der Waals surface area contributed by atoms with Gasteiger partial charge in [0.05, 0.1) is 12.2 Å². The number of ether oxygens (including phenoxy) is 1. The molecule has 0 saturated carbocycles. The SMILES string of the molecule is CC[C@H]1OC(O)[C@H](C(C)C)[C@@H](O)[C@@H]1O. The number of aliphatic hydroxyl groups excluding tert-OH is 3. The first-order chi connectivity index (χ1) is 6.49. The van der Waals surface area contributed by atoms with Crippen LogP contribution in [0.5, 0.6) is 0 Å². The standard InChI is InChI=1S/C10H20O4/c1-4-6-8(11)9(12)7(5(2)3)10(13)14-6/h5-13H,4H2,1-3H3/t6-,7-,8-,9-,10?/m1/s1. The maximum atomic E-state index is 9.79. The van der Waals surface area contributed by atoms with E-state index in [1.54, 1.807) is 0 Å². The van der Waals surface area contributed by atoms with Crippen LogP contribution in [0.2, 0.25) is 0 Å². The van der Waals surface area contributed by atoms with Crippen LogP contribution < -0.4 is 0 Å². The zero-order valence-corrected chi connectivity index (χ0v) is 8.92. The smallest absolute Gasteiger partial charge is 0.160 e. The fourth-order valence-corrected chi connectivity index (χ4v) is 2.03. The van der Waals surface area contributed by atoms with Gasteiger partial charge in [-0.25, -0.2) is 0 Å². The molecule has 0 aliphatic carbocycles. The molecular formula is C10H20O4. The zero-order chi connectivity index (χ0) is 10.9. The van der Waals surface area contributed by atoms with Crippen LogP contribution in [0.3, 0.4) is 0 Å². The van der Waals surface area contributed by atoms with Crippen molar-refractivity contribution in [3.05, 3.63) is 0 Å². The summed E-state index contributed by atoms with van der Waals surface area (Å²) in [5.74, 6) is -0.333. The Bertz CT molecular complexity index is 183. The van der Waals surface area contributed by atoms with E-state index in [1.165, 1.54) is 0 Å². The summed E-state index contributed by atoms with van der Waals surface area (Å²) < 4.78 is 5.24. The first-order valence-electron chi connectivity index (χ1n) is 5.18. The third-order valence-corrected chi connectivity index (χ3v) is 2.94. The molecule has 1 fully saturated rings. The topological polar surface area (TPSA) is 69.9 Å². The van der Waals surface area contributed by atoms with Crippen molar-refractivity contribution in [2.45, 2.75) is 51.8 Å². The van der Waals surface area contributed by atoms with Gasteiger partial charge < -0.3 is 20.1 Å². The van der Waals surface area contributed by atoms with Crippen molar-refractivity contribution in [2.75, 3.05) is 0 Å².